The molecule has 0 bridgehead atoms. The zero-order valence-corrected chi connectivity index (χ0v) is 15.2. The number of nitrogens with zero attached hydrogens (tertiary/aromatic N) is 5. The molecule has 8 heteroatoms. The van der Waals surface area contributed by atoms with Crippen molar-refractivity contribution in [1.29, 1.82) is 0 Å². The normalized spacial score (nSPS) is 15.7. The quantitative estimate of drug-likeness (QED) is 0.578. The molecule has 0 unspecified atom stereocenters. The van der Waals surface area contributed by atoms with Crippen molar-refractivity contribution < 1.29 is 0 Å². The van der Waals surface area contributed by atoms with Gasteiger partial charge < -0.3 is 9.88 Å². The molecule has 0 aliphatic carbocycles. The minimum atomic E-state index is -0.255. The van der Waals surface area contributed by atoms with E-state index >= 15 is 0 Å². The Morgan fingerprint density at radius 2 is 1.96 bits per heavy atom. The van der Waals surface area contributed by atoms with E-state index in [9.17, 15) is 4.79 Å². The number of nitrogens with one attached hydrogen (secondary N) is 1. The van der Waals surface area contributed by atoms with Gasteiger partial charge in [0.05, 0.1) is 11.0 Å². The fraction of sp³-hybridized carbons (Fsp3) is 0.263. The summed E-state index contributed by atoms with van der Waals surface area (Å²) in [6.07, 6.45) is 3.68. The number of H-pyrrole nitrogens is 1. The molecule has 4 heterocycles. The summed E-state index contributed by atoms with van der Waals surface area (Å²) in [4.78, 5) is 22.0. The molecule has 0 radical (unpaired) electrons. The van der Waals surface area contributed by atoms with Crippen LogP contribution in [-0.4, -0.2) is 37.7 Å². The molecule has 5 rings (SSSR count). The van der Waals surface area contributed by atoms with Gasteiger partial charge in [-0.3, -0.25) is 9.20 Å². The predicted molar refractivity (Wildman–Crippen MR) is 105 cm³/mol. The Morgan fingerprint density at radius 1 is 1.11 bits per heavy atom. The molecular weight excluding hydrogens is 364 g/mol. The van der Waals surface area contributed by atoms with Gasteiger partial charge in [-0.2, -0.15) is 0 Å². The summed E-state index contributed by atoms with van der Waals surface area (Å²) in [7, 11) is 0. The smallest absolute Gasteiger partial charge is 0.294 e. The number of pyridine rings is 1. The second kappa shape index (κ2) is 6.35. The van der Waals surface area contributed by atoms with Crippen molar-refractivity contribution in [3.63, 3.8) is 0 Å². The molecule has 0 amide bonds. The van der Waals surface area contributed by atoms with Gasteiger partial charge in [-0.05, 0) is 43.2 Å². The second-order valence-electron chi connectivity index (χ2n) is 6.78. The third-order valence-electron chi connectivity index (χ3n) is 5.17. The van der Waals surface area contributed by atoms with E-state index in [-0.39, 0.29) is 11.5 Å². The van der Waals surface area contributed by atoms with Crippen LogP contribution in [0.5, 0.6) is 0 Å². The lowest BCUT2D eigenvalue weighted by Crippen LogP contribution is -2.34. The van der Waals surface area contributed by atoms with Gasteiger partial charge in [0.15, 0.2) is 0 Å². The number of fused-ring (bicyclic) bond motifs is 3. The van der Waals surface area contributed by atoms with E-state index in [2.05, 4.69) is 25.1 Å². The number of halogens is 1. The van der Waals surface area contributed by atoms with Gasteiger partial charge in [0.25, 0.3) is 5.56 Å². The predicted octanol–water partition coefficient (Wildman–Crippen LogP) is 3.00. The van der Waals surface area contributed by atoms with Gasteiger partial charge in [0, 0.05) is 30.2 Å². The van der Waals surface area contributed by atoms with E-state index < -0.39 is 0 Å². The molecule has 3 aromatic heterocycles. The maximum absolute atomic E-state index is 12.4. The molecule has 4 aromatic rings. The molecule has 136 valence electrons. The monoisotopic (exact) mass is 380 g/mol. The van der Waals surface area contributed by atoms with Gasteiger partial charge in [-0.15, -0.1) is 10.2 Å². The summed E-state index contributed by atoms with van der Waals surface area (Å²) in [5, 5.41) is 9.11. The van der Waals surface area contributed by atoms with E-state index in [0.29, 0.717) is 16.2 Å². The Labute approximate surface area is 159 Å². The van der Waals surface area contributed by atoms with Crippen molar-refractivity contribution in [1.82, 2.24) is 24.6 Å². The number of benzene rings is 1. The van der Waals surface area contributed by atoms with Crippen molar-refractivity contribution >= 4 is 34.1 Å². The van der Waals surface area contributed by atoms with Gasteiger partial charge in [0.1, 0.15) is 11.6 Å². The van der Waals surface area contributed by atoms with Gasteiger partial charge in [-0.1, -0.05) is 17.7 Å². The third-order valence-corrected chi connectivity index (χ3v) is 5.41. The topological polar surface area (TPSA) is 79.2 Å². The van der Waals surface area contributed by atoms with Crippen LogP contribution < -0.4 is 10.5 Å². The highest BCUT2D eigenvalue weighted by Crippen LogP contribution is 2.30. The third kappa shape index (κ3) is 2.75. The first-order valence-corrected chi connectivity index (χ1v) is 9.31. The standard InChI is InChI=1S/C19H17ClN6O/c20-13-4-5-15-14(11-13)22-19(27)18-24-23-17(26(15)18)12-6-9-25(10-7-12)16-3-1-2-8-21-16/h1-5,8,11-12H,6-7,9-10H2,(H,22,27). The highest BCUT2D eigenvalue weighted by Gasteiger charge is 2.26. The Hall–Kier alpha value is -2.93. The Kier molecular flexibility index (Phi) is 3.82. The maximum atomic E-state index is 12.4. The van der Waals surface area contributed by atoms with Crippen molar-refractivity contribution in [3.8, 4) is 0 Å². The van der Waals surface area contributed by atoms with Crippen molar-refractivity contribution in [2.45, 2.75) is 18.8 Å². The van der Waals surface area contributed by atoms with Crippen LogP contribution in [0.2, 0.25) is 5.02 Å². The van der Waals surface area contributed by atoms with Crippen LogP contribution in [0, 0.1) is 0 Å². The second-order valence-corrected chi connectivity index (χ2v) is 7.22. The zero-order valence-electron chi connectivity index (χ0n) is 14.5. The average Bonchev–Trinajstić information content (AvgIpc) is 3.15. The summed E-state index contributed by atoms with van der Waals surface area (Å²) < 4.78 is 1.88. The summed E-state index contributed by atoms with van der Waals surface area (Å²) >= 11 is 6.08. The minimum absolute atomic E-state index is 0.237. The molecule has 0 spiro atoms. The lowest BCUT2D eigenvalue weighted by atomic mass is 9.96. The average molecular weight is 381 g/mol. The van der Waals surface area contributed by atoms with Gasteiger partial charge >= 0.3 is 0 Å². The zero-order chi connectivity index (χ0) is 18.4. The summed E-state index contributed by atoms with van der Waals surface area (Å²) in [6.45, 7) is 1.78. The molecule has 1 aliphatic heterocycles. The first kappa shape index (κ1) is 16.3. The number of hydrogen-bond acceptors (Lipinski definition) is 5. The molecule has 1 N–H and O–H groups in total. The van der Waals surface area contributed by atoms with Crippen molar-refractivity contribution in [2.75, 3.05) is 18.0 Å². The molecule has 1 aromatic carbocycles. The van der Waals surface area contributed by atoms with Crippen molar-refractivity contribution in [2.24, 2.45) is 0 Å². The molecule has 0 saturated carbocycles. The molecule has 1 aliphatic rings. The van der Waals surface area contributed by atoms with Crippen LogP contribution in [0.3, 0.4) is 0 Å². The van der Waals surface area contributed by atoms with Crippen LogP contribution in [0.25, 0.3) is 16.7 Å². The Bertz CT molecular complexity index is 1180. The number of rotatable bonds is 2. The Morgan fingerprint density at radius 3 is 2.74 bits per heavy atom. The van der Waals surface area contributed by atoms with Crippen molar-refractivity contribution in [3.05, 3.63) is 63.8 Å². The lowest BCUT2D eigenvalue weighted by Gasteiger charge is -2.32. The van der Waals surface area contributed by atoms with Gasteiger partial charge in [0.2, 0.25) is 5.65 Å². The van der Waals surface area contributed by atoms with Crippen LogP contribution in [0.4, 0.5) is 5.82 Å². The Balaban J connectivity index is 1.53. The van der Waals surface area contributed by atoms with Gasteiger partial charge in [-0.25, -0.2) is 4.98 Å². The fourth-order valence-corrected chi connectivity index (χ4v) is 4.01. The van der Waals surface area contributed by atoms with Crippen LogP contribution in [-0.2, 0) is 0 Å². The van der Waals surface area contributed by atoms with E-state index in [1.165, 1.54) is 0 Å². The number of aromatic nitrogens is 5. The van der Waals surface area contributed by atoms with E-state index in [4.69, 9.17) is 11.6 Å². The first-order valence-electron chi connectivity index (χ1n) is 8.93. The largest absolute Gasteiger partial charge is 0.357 e. The molecule has 1 fully saturated rings. The van der Waals surface area contributed by atoms with E-state index in [1.807, 2.05) is 40.9 Å². The first-order chi connectivity index (χ1) is 13.2. The highest BCUT2D eigenvalue weighted by molar-refractivity contribution is 6.31. The van der Waals surface area contributed by atoms with Crippen LogP contribution in [0.1, 0.15) is 24.6 Å². The van der Waals surface area contributed by atoms with E-state index in [1.54, 1.807) is 6.07 Å². The highest BCUT2D eigenvalue weighted by atomic mass is 35.5. The number of hydrogen-bond donors (Lipinski definition) is 1. The number of aromatic amines is 1. The number of piperidine rings is 1. The molecule has 27 heavy (non-hydrogen) atoms. The molecule has 0 atom stereocenters. The van der Waals surface area contributed by atoms with Crippen LogP contribution >= 0.6 is 11.6 Å². The summed E-state index contributed by atoms with van der Waals surface area (Å²) in [5.74, 6) is 2.07. The molecule has 7 nitrogen and oxygen atoms in total. The maximum Gasteiger partial charge on any atom is 0.294 e. The SMILES string of the molecule is O=c1[nH]c2cc(Cl)ccc2n2c(C3CCN(c4ccccn4)CC3)nnc12. The van der Waals surface area contributed by atoms with E-state index in [0.717, 1.165) is 43.1 Å². The van der Waals surface area contributed by atoms with Crippen LogP contribution in [0.15, 0.2) is 47.4 Å². The fourth-order valence-electron chi connectivity index (χ4n) is 3.83. The lowest BCUT2D eigenvalue weighted by molar-refractivity contribution is 0.481. The summed E-state index contributed by atoms with van der Waals surface area (Å²) in [5.41, 5.74) is 1.62. The number of anilines is 1. The minimum Gasteiger partial charge on any atom is -0.357 e. The molecule has 1 saturated heterocycles. The summed E-state index contributed by atoms with van der Waals surface area (Å²) in [6, 6.07) is 11.4. The molecular formula is C19H17ClN6O.